The maximum Gasteiger partial charge on any atom is 0.407 e. The maximum atomic E-state index is 11.9. The third kappa shape index (κ3) is 3.99. The molecule has 5 nitrogen and oxygen atoms in total. The summed E-state index contributed by atoms with van der Waals surface area (Å²) in [6.45, 7) is 2.79. The highest BCUT2D eigenvalue weighted by molar-refractivity contribution is 5.79. The molecule has 2 amide bonds. The van der Waals surface area contributed by atoms with Gasteiger partial charge in [-0.1, -0.05) is 48.5 Å². The molecular formula is C20H22N2O3. The first-order chi connectivity index (χ1) is 12.2. The van der Waals surface area contributed by atoms with Gasteiger partial charge in [0.15, 0.2) is 0 Å². The molecule has 0 saturated heterocycles. The van der Waals surface area contributed by atoms with Crippen LogP contribution in [0.4, 0.5) is 4.79 Å². The Balaban J connectivity index is 1.55. The zero-order valence-corrected chi connectivity index (χ0v) is 14.2. The number of alkyl carbamates (subject to hydrolysis) is 1. The van der Waals surface area contributed by atoms with Crippen molar-refractivity contribution in [2.75, 3.05) is 19.7 Å². The predicted octanol–water partition coefficient (Wildman–Crippen LogP) is 3.05. The van der Waals surface area contributed by atoms with Crippen LogP contribution in [0.25, 0.3) is 11.1 Å². The van der Waals surface area contributed by atoms with Gasteiger partial charge in [0.05, 0.1) is 0 Å². The fourth-order valence-electron chi connectivity index (χ4n) is 3.19. The van der Waals surface area contributed by atoms with Crippen LogP contribution in [0, 0.1) is 0 Å². The summed E-state index contributed by atoms with van der Waals surface area (Å²) in [5, 5.41) is 5.40. The molecule has 0 bridgehead atoms. The Morgan fingerprint density at radius 1 is 0.920 bits per heavy atom. The Hall–Kier alpha value is -2.82. The van der Waals surface area contributed by atoms with Crippen LogP contribution in [0.1, 0.15) is 30.4 Å². The number of fused-ring (bicyclic) bond motifs is 3. The summed E-state index contributed by atoms with van der Waals surface area (Å²) in [6.07, 6.45) is 0.244. The molecule has 0 heterocycles. The van der Waals surface area contributed by atoms with Crippen LogP contribution in [-0.4, -0.2) is 31.7 Å². The molecule has 0 aliphatic heterocycles. The van der Waals surface area contributed by atoms with E-state index >= 15 is 0 Å². The van der Waals surface area contributed by atoms with E-state index in [1.807, 2.05) is 24.3 Å². The number of amides is 2. The maximum absolute atomic E-state index is 11.9. The van der Waals surface area contributed by atoms with E-state index in [-0.39, 0.29) is 11.8 Å². The number of hydrogen-bond donors (Lipinski definition) is 2. The minimum absolute atomic E-state index is 0.0672. The Bertz CT molecular complexity index is 728. The minimum atomic E-state index is -0.426. The fourth-order valence-corrected chi connectivity index (χ4v) is 3.19. The molecule has 130 valence electrons. The van der Waals surface area contributed by atoms with Crippen LogP contribution in [0.5, 0.6) is 0 Å². The van der Waals surface area contributed by atoms with Crippen molar-refractivity contribution < 1.29 is 14.3 Å². The lowest BCUT2D eigenvalue weighted by Gasteiger charge is -2.14. The van der Waals surface area contributed by atoms with Crippen molar-refractivity contribution >= 4 is 12.0 Å². The molecule has 1 aliphatic rings. The van der Waals surface area contributed by atoms with E-state index in [4.69, 9.17) is 4.74 Å². The number of nitrogens with one attached hydrogen (secondary N) is 2. The first kappa shape index (κ1) is 17.0. The van der Waals surface area contributed by atoms with Gasteiger partial charge >= 0.3 is 6.09 Å². The molecule has 2 N–H and O–H groups in total. The SMILES string of the molecule is CC(=O)NCCCNC(=O)OCC1c2ccccc2-c2ccccc21. The molecule has 0 radical (unpaired) electrons. The average Bonchev–Trinajstić information content (AvgIpc) is 2.93. The van der Waals surface area contributed by atoms with Crippen molar-refractivity contribution in [3.8, 4) is 11.1 Å². The van der Waals surface area contributed by atoms with Gasteiger partial charge < -0.3 is 15.4 Å². The second kappa shape index (κ2) is 7.83. The Morgan fingerprint density at radius 2 is 1.48 bits per heavy atom. The van der Waals surface area contributed by atoms with Crippen molar-refractivity contribution in [3.63, 3.8) is 0 Å². The summed E-state index contributed by atoms with van der Waals surface area (Å²) >= 11 is 0. The summed E-state index contributed by atoms with van der Waals surface area (Å²) in [4.78, 5) is 22.7. The van der Waals surface area contributed by atoms with Gasteiger partial charge in [-0.3, -0.25) is 4.79 Å². The molecular weight excluding hydrogens is 316 g/mol. The highest BCUT2D eigenvalue weighted by Gasteiger charge is 2.28. The zero-order chi connectivity index (χ0) is 17.6. The highest BCUT2D eigenvalue weighted by Crippen LogP contribution is 2.44. The third-order valence-electron chi connectivity index (χ3n) is 4.34. The molecule has 0 spiro atoms. The first-order valence-electron chi connectivity index (χ1n) is 8.50. The number of hydrogen-bond acceptors (Lipinski definition) is 3. The van der Waals surface area contributed by atoms with Crippen molar-refractivity contribution in [2.24, 2.45) is 0 Å². The van der Waals surface area contributed by atoms with Crippen molar-refractivity contribution in [3.05, 3.63) is 59.7 Å². The third-order valence-corrected chi connectivity index (χ3v) is 4.34. The molecule has 2 aromatic carbocycles. The summed E-state index contributed by atoms with van der Waals surface area (Å²) in [5.74, 6) is -0.00123. The molecule has 0 saturated carbocycles. The van der Waals surface area contributed by atoms with E-state index in [2.05, 4.69) is 34.9 Å². The smallest absolute Gasteiger partial charge is 0.407 e. The van der Waals surface area contributed by atoms with Crippen LogP contribution >= 0.6 is 0 Å². The Kier molecular flexibility index (Phi) is 5.33. The van der Waals surface area contributed by atoms with E-state index in [1.165, 1.54) is 29.2 Å². The summed E-state index contributed by atoms with van der Waals surface area (Å²) in [5.41, 5.74) is 4.81. The lowest BCUT2D eigenvalue weighted by atomic mass is 9.98. The Labute approximate surface area is 147 Å². The van der Waals surface area contributed by atoms with Gasteiger partial charge in [0, 0.05) is 25.9 Å². The minimum Gasteiger partial charge on any atom is -0.449 e. The molecule has 3 rings (SSSR count). The van der Waals surface area contributed by atoms with E-state index in [1.54, 1.807) is 0 Å². The number of ether oxygens (including phenoxy) is 1. The van der Waals surface area contributed by atoms with Crippen molar-refractivity contribution in [1.82, 2.24) is 10.6 Å². The Morgan fingerprint density at radius 3 is 2.08 bits per heavy atom. The predicted molar refractivity (Wildman–Crippen MR) is 96.4 cm³/mol. The van der Waals surface area contributed by atoms with Gasteiger partial charge in [0.1, 0.15) is 6.61 Å². The van der Waals surface area contributed by atoms with Crippen LogP contribution in [-0.2, 0) is 9.53 Å². The number of carbonyl (C=O) groups excluding carboxylic acids is 2. The standard InChI is InChI=1S/C20H22N2O3/c1-14(23)21-11-6-12-22-20(24)25-13-19-17-9-4-2-7-15(17)16-8-3-5-10-18(16)19/h2-5,7-10,19H,6,11-13H2,1H3,(H,21,23)(H,22,24). The number of benzene rings is 2. The van der Waals surface area contributed by atoms with Crippen LogP contribution < -0.4 is 10.6 Å². The average molecular weight is 338 g/mol. The molecule has 0 fully saturated rings. The normalized spacial score (nSPS) is 12.2. The topological polar surface area (TPSA) is 67.4 Å². The van der Waals surface area contributed by atoms with E-state index < -0.39 is 6.09 Å². The fraction of sp³-hybridized carbons (Fsp3) is 0.300. The summed E-state index contributed by atoms with van der Waals surface area (Å²) < 4.78 is 5.43. The molecule has 2 aromatic rings. The number of rotatable bonds is 6. The van der Waals surface area contributed by atoms with E-state index in [0.29, 0.717) is 26.1 Å². The van der Waals surface area contributed by atoms with Gasteiger partial charge in [-0.25, -0.2) is 4.79 Å². The molecule has 0 aromatic heterocycles. The quantitative estimate of drug-likeness (QED) is 0.796. The largest absolute Gasteiger partial charge is 0.449 e. The molecule has 0 unspecified atom stereocenters. The monoisotopic (exact) mass is 338 g/mol. The lowest BCUT2D eigenvalue weighted by Crippen LogP contribution is -2.30. The van der Waals surface area contributed by atoms with Gasteiger partial charge in [0.2, 0.25) is 5.91 Å². The molecule has 25 heavy (non-hydrogen) atoms. The first-order valence-corrected chi connectivity index (χ1v) is 8.50. The van der Waals surface area contributed by atoms with Gasteiger partial charge in [-0.2, -0.15) is 0 Å². The summed E-state index contributed by atoms with van der Waals surface area (Å²) in [6, 6.07) is 16.5. The van der Waals surface area contributed by atoms with Crippen LogP contribution in [0.3, 0.4) is 0 Å². The van der Waals surface area contributed by atoms with Crippen molar-refractivity contribution in [1.29, 1.82) is 0 Å². The second-order valence-electron chi connectivity index (χ2n) is 6.09. The number of carbonyl (C=O) groups is 2. The van der Waals surface area contributed by atoms with Crippen LogP contribution in [0.2, 0.25) is 0 Å². The second-order valence-corrected chi connectivity index (χ2v) is 6.09. The van der Waals surface area contributed by atoms with Gasteiger partial charge in [-0.05, 0) is 28.7 Å². The van der Waals surface area contributed by atoms with E-state index in [0.717, 1.165) is 0 Å². The summed E-state index contributed by atoms with van der Waals surface area (Å²) in [7, 11) is 0. The van der Waals surface area contributed by atoms with Gasteiger partial charge in [0.25, 0.3) is 0 Å². The van der Waals surface area contributed by atoms with Crippen molar-refractivity contribution in [2.45, 2.75) is 19.3 Å². The molecule has 1 aliphatic carbocycles. The molecule has 5 heteroatoms. The highest BCUT2D eigenvalue weighted by atomic mass is 16.5. The molecule has 0 atom stereocenters. The van der Waals surface area contributed by atoms with Gasteiger partial charge in [-0.15, -0.1) is 0 Å². The van der Waals surface area contributed by atoms with E-state index in [9.17, 15) is 9.59 Å². The zero-order valence-electron chi connectivity index (χ0n) is 14.2. The van der Waals surface area contributed by atoms with Crippen LogP contribution in [0.15, 0.2) is 48.5 Å². The lowest BCUT2D eigenvalue weighted by molar-refractivity contribution is -0.118.